The molecular weight excluding hydrogens is 488 g/mol. The molecule has 0 amide bonds. The van der Waals surface area contributed by atoms with E-state index in [1.807, 2.05) is 24.4 Å². The number of benzene rings is 3. The van der Waals surface area contributed by atoms with Gasteiger partial charge in [-0.05, 0) is 36.8 Å². The van der Waals surface area contributed by atoms with E-state index in [0.29, 0.717) is 0 Å². The molecule has 0 bridgehead atoms. The van der Waals surface area contributed by atoms with E-state index >= 15 is 0 Å². The Balaban J connectivity index is 1.52. The Morgan fingerprint density at radius 1 is 0.675 bits per heavy atom. The molecule has 190 valence electrons. The minimum absolute atomic E-state index is 0.208. The highest BCUT2D eigenvalue weighted by molar-refractivity contribution is 6.20. The van der Waals surface area contributed by atoms with Crippen molar-refractivity contribution in [1.82, 2.24) is 19.1 Å². The molecule has 8 rings (SSSR count). The minimum atomic E-state index is 0.208. The fourth-order valence-electron chi connectivity index (χ4n) is 6.10. The molecule has 0 N–H and O–H groups in total. The molecule has 0 aliphatic heterocycles. The van der Waals surface area contributed by atoms with Gasteiger partial charge >= 0.3 is 0 Å². The van der Waals surface area contributed by atoms with Crippen molar-refractivity contribution in [3.05, 3.63) is 140 Å². The zero-order valence-electron chi connectivity index (χ0n) is 21.9. The summed E-state index contributed by atoms with van der Waals surface area (Å²) in [5.41, 5.74) is 9.62. The smallest absolute Gasteiger partial charge is 0.129 e. The molecule has 0 saturated heterocycles. The lowest BCUT2D eigenvalue weighted by molar-refractivity contribution is 0.640. The first-order chi connectivity index (χ1) is 19.9. The van der Waals surface area contributed by atoms with Gasteiger partial charge in [0.1, 0.15) is 5.65 Å². The second-order valence-electron chi connectivity index (χ2n) is 10.2. The lowest BCUT2D eigenvalue weighted by Crippen LogP contribution is -2.10. The topological polar surface area (TPSA) is 35.6 Å². The zero-order chi connectivity index (χ0) is 26.5. The lowest BCUT2D eigenvalue weighted by Gasteiger charge is -2.20. The maximum absolute atomic E-state index is 5.14. The third-order valence-electron chi connectivity index (χ3n) is 7.86. The van der Waals surface area contributed by atoms with Gasteiger partial charge in [-0.15, -0.1) is 0 Å². The molecule has 0 radical (unpaired) electrons. The average Bonchev–Trinajstić information content (AvgIpc) is 3.55. The summed E-state index contributed by atoms with van der Waals surface area (Å²) in [7, 11) is 0. The van der Waals surface area contributed by atoms with Crippen LogP contribution in [0.3, 0.4) is 0 Å². The van der Waals surface area contributed by atoms with E-state index in [2.05, 4.69) is 124 Å². The lowest BCUT2D eigenvalue weighted by atomic mass is 10.1. The van der Waals surface area contributed by atoms with Crippen LogP contribution in [0.25, 0.3) is 61.2 Å². The van der Waals surface area contributed by atoms with Gasteiger partial charge in [-0.1, -0.05) is 103 Å². The Hall–Kier alpha value is -5.22. The first-order valence-corrected chi connectivity index (χ1v) is 13.7. The van der Waals surface area contributed by atoms with E-state index < -0.39 is 0 Å². The number of aromatic nitrogens is 4. The molecular formula is C36H26N4. The summed E-state index contributed by atoms with van der Waals surface area (Å²) in [6, 6.07) is 38.5. The number of hydrogen-bond acceptors (Lipinski definition) is 2. The van der Waals surface area contributed by atoms with Crippen LogP contribution in [0.2, 0.25) is 0 Å². The van der Waals surface area contributed by atoms with Crippen LogP contribution < -0.4 is 0 Å². The summed E-state index contributed by atoms with van der Waals surface area (Å²) < 4.78 is 4.89. The molecule has 4 aromatic heterocycles. The molecule has 4 heteroatoms. The predicted octanol–water partition coefficient (Wildman–Crippen LogP) is 8.92. The van der Waals surface area contributed by atoms with Crippen LogP contribution in [0, 0.1) is 0 Å². The molecule has 1 atom stereocenters. The van der Waals surface area contributed by atoms with Gasteiger partial charge in [0, 0.05) is 22.7 Å². The van der Waals surface area contributed by atoms with E-state index in [4.69, 9.17) is 9.97 Å². The Kier molecular flexibility index (Phi) is 5.23. The highest BCUT2D eigenvalue weighted by atomic mass is 15.2. The third kappa shape index (κ3) is 3.53. The second-order valence-corrected chi connectivity index (χ2v) is 10.2. The largest absolute Gasteiger partial charge is 0.319 e. The second kappa shape index (κ2) is 9.21. The van der Waals surface area contributed by atoms with Crippen LogP contribution in [0.1, 0.15) is 12.5 Å². The monoisotopic (exact) mass is 514 g/mol. The molecule has 1 aliphatic carbocycles. The van der Waals surface area contributed by atoms with Crippen LogP contribution in [0.4, 0.5) is 0 Å². The number of allylic oxidation sites excluding steroid dienone is 4. The molecule has 0 spiro atoms. The Labute approximate surface area is 232 Å². The fourth-order valence-corrected chi connectivity index (χ4v) is 6.10. The van der Waals surface area contributed by atoms with E-state index in [-0.39, 0.29) is 6.04 Å². The van der Waals surface area contributed by atoms with Crippen LogP contribution in [-0.4, -0.2) is 19.1 Å². The molecule has 7 aromatic rings. The van der Waals surface area contributed by atoms with Crippen molar-refractivity contribution in [1.29, 1.82) is 0 Å². The first kappa shape index (κ1) is 22.7. The molecule has 0 saturated carbocycles. The molecule has 40 heavy (non-hydrogen) atoms. The summed E-state index contributed by atoms with van der Waals surface area (Å²) in [4.78, 5) is 10.1. The predicted molar refractivity (Wildman–Crippen MR) is 165 cm³/mol. The highest BCUT2D eigenvalue weighted by Crippen LogP contribution is 2.41. The van der Waals surface area contributed by atoms with Gasteiger partial charge in [0.25, 0.3) is 0 Å². The molecule has 4 heterocycles. The van der Waals surface area contributed by atoms with E-state index in [0.717, 1.165) is 51.3 Å². The maximum atomic E-state index is 5.14. The normalized spacial score (nSPS) is 14.9. The van der Waals surface area contributed by atoms with Gasteiger partial charge < -0.3 is 4.57 Å². The number of fused-ring (bicyclic) bond motifs is 5. The van der Waals surface area contributed by atoms with Crippen molar-refractivity contribution in [2.24, 2.45) is 0 Å². The van der Waals surface area contributed by atoms with Crippen molar-refractivity contribution >= 4 is 33.0 Å². The SMILES string of the molecule is C1=CCC(n2c3ccccc3c3c4ncccc4n(-c4cc(-c5ccccc5)nc(-c5ccccc5)c4)c32)C=C1. The van der Waals surface area contributed by atoms with Crippen molar-refractivity contribution in [3.63, 3.8) is 0 Å². The number of pyridine rings is 2. The van der Waals surface area contributed by atoms with Crippen LogP contribution in [0.5, 0.6) is 0 Å². The van der Waals surface area contributed by atoms with Gasteiger partial charge in [0.05, 0.1) is 45.1 Å². The number of rotatable bonds is 4. The molecule has 1 aliphatic rings. The Morgan fingerprint density at radius 3 is 2.05 bits per heavy atom. The fraction of sp³-hybridized carbons (Fsp3) is 0.0556. The zero-order valence-corrected chi connectivity index (χ0v) is 21.9. The summed E-state index contributed by atoms with van der Waals surface area (Å²) in [6.45, 7) is 0. The number of nitrogens with zero attached hydrogens (tertiary/aromatic N) is 4. The van der Waals surface area contributed by atoms with Crippen LogP contribution in [0.15, 0.2) is 140 Å². The summed E-state index contributed by atoms with van der Waals surface area (Å²) in [6.07, 6.45) is 11.7. The van der Waals surface area contributed by atoms with Gasteiger partial charge in [0.15, 0.2) is 0 Å². The third-order valence-corrected chi connectivity index (χ3v) is 7.86. The summed E-state index contributed by atoms with van der Waals surface area (Å²) >= 11 is 0. The van der Waals surface area contributed by atoms with E-state index in [1.165, 1.54) is 16.3 Å². The van der Waals surface area contributed by atoms with Gasteiger partial charge in [-0.2, -0.15) is 0 Å². The molecule has 1 unspecified atom stereocenters. The number of para-hydroxylation sites is 1. The summed E-state index contributed by atoms with van der Waals surface area (Å²) in [5, 5.41) is 2.41. The van der Waals surface area contributed by atoms with Crippen molar-refractivity contribution in [2.45, 2.75) is 12.5 Å². The summed E-state index contributed by atoms with van der Waals surface area (Å²) in [5.74, 6) is 0. The number of hydrogen-bond donors (Lipinski definition) is 0. The van der Waals surface area contributed by atoms with E-state index in [9.17, 15) is 0 Å². The molecule has 3 aromatic carbocycles. The molecule has 0 fully saturated rings. The minimum Gasteiger partial charge on any atom is -0.319 e. The van der Waals surface area contributed by atoms with Crippen molar-refractivity contribution in [3.8, 4) is 28.2 Å². The van der Waals surface area contributed by atoms with Gasteiger partial charge in [-0.25, -0.2) is 4.98 Å². The Bertz CT molecular complexity index is 2020. The first-order valence-electron chi connectivity index (χ1n) is 13.7. The van der Waals surface area contributed by atoms with Crippen LogP contribution >= 0.6 is 0 Å². The van der Waals surface area contributed by atoms with Crippen molar-refractivity contribution < 1.29 is 0 Å². The standard InChI is InChI=1S/C36H26N4/c1-4-13-25(14-5-1)30-23-28(24-31(38-30)26-15-6-2-7-16-26)40-33-21-12-22-37-35(33)34-29-19-10-11-20-32(29)39(36(34)40)27-17-8-3-9-18-27/h1-17,19-24,27H,18H2. The van der Waals surface area contributed by atoms with Crippen LogP contribution in [-0.2, 0) is 0 Å². The van der Waals surface area contributed by atoms with Gasteiger partial charge in [-0.3, -0.25) is 9.55 Å². The Morgan fingerprint density at radius 2 is 1.35 bits per heavy atom. The maximum Gasteiger partial charge on any atom is 0.129 e. The highest BCUT2D eigenvalue weighted by Gasteiger charge is 2.25. The van der Waals surface area contributed by atoms with E-state index in [1.54, 1.807) is 0 Å². The quantitative estimate of drug-likeness (QED) is 0.235. The molecule has 4 nitrogen and oxygen atoms in total. The van der Waals surface area contributed by atoms with Crippen molar-refractivity contribution in [2.75, 3.05) is 0 Å². The average molecular weight is 515 g/mol. The van der Waals surface area contributed by atoms with Gasteiger partial charge in [0.2, 0.25) is 0 Å².